The summed E-state index contributed by atoms with van der Waals surface area (Å²) in [5.74, 6) is -0.477. The second-order valence-corrected chi connectivity index (χ2v) is 3.58. The topological polar surface area (TPSA) is 26.3 Å². The minimum atomic E-state index is -2.53. The molecule has 0 amide bonds. The van der Waals surface area contributed by atoms with E-state index in [1.165, 1.54) is 25.3 Å². The van der Waals surface area contributed by atoms with Crippen LogP contribution in [-0.2, 0) is 4.74 Å². The van der Waals surface area contributed by atoms with Gasteiger partial charge in [-0.15, -0.1) is 0 Å². The third kappa shape index (κ3) is 2.11. The molecule has 4 heteroatoms. The van der Waals surface area contributed by atoms with E-state index in [1.807, 2.05) is 0 Å². The van der Waals surface area contributed by atoms with E-state index < -0.39 is 12.4 Å². The van der Waals surface area contributed by atoms with Crippen LogP contribution in [0.2, 0.25) is 0 Å². The predicted octanol–water partition coefficient (Wildman–Crippen LogP) is 3.56. The lowest BCUT2D eigenvalue weighted by Gasteiger charge is -2.06. The molecule has 0 aliphatic carbocycles. The molecule has 0 unspecified atom stereocenters. The van der Waals surface area contributed by atoms with Crippen LogP contribution in [0.3, 0.4) is 0 Å². The number of esters is 1. The third-order valence-corrected chi connectivity index (χ3v) is 2.57. The van der Waals surface area contributed by atoms with Gasteiger partial charge < -0.3 is 4.74 Å². The van der Waals surface area contributed by atoms with Crippen LogP contribution in [0.5, 0.6) is 0 Å². The quantitative estimate of drug-likeness (QED) is 0.745. The number of methoxy groups -OCH3 is 1. The molecule has 0 saturated carbocycles. The molecule has 0 bridgehead atoms. The van der Waals surface area contributed by atoms with Crippen molar-refractivity contribution in [1.82, 2.24) is 0 Å². The van der Waals surface area contributed by atoms with E-state index in [0.29, 0.717) is 16.3 Å². The van der Waals surface area contributed by atoms with Crippen LogP contribution in [0, 0.1) is 0 Å². The summed E-state index contributed by atoms with van der Waals surface area (Å²) in [6, 6.07) is 9.17. The van der Waals surface area contributed by atoms with Crippen LogP contribution in [-0.4, -0.2) is 13.1 Å². The van der Waals surface area contributed by atoms with Gasteiger partial charge in [-0.05, 0) is 22.9 Å². The van der Waals surface area contributed by atoms with E-state index in [9.17, 15) is 13.6 Å². The highest BCUT2D eigenvalue weighted by Gasteiger charge is 2.12. The largest absolute Gasteiger partial charge is 0.465 e. The highest BCUT2D eigenvalue weighted by molar-refractivity contribution is 5.96. The fourth-order valence-corrected chi connectivity index (χ4v) is 1.74. The Morgan fingerprint density at radius 3 is 2.65 bits per heavy atom. The zero-order valence-corrected chi connectivity index (χ0v) is 9.11. The molecule has 2 nitrogen and oxygen atoms in total. The lowest BCUT2D eigenvalue weighted by Crippen LogP contribution is -2.00. The summed E-state index contributed by atoms with van der Waals surface area (Å²) < 4.78 is 30.0. The molecule has 0 heterocycles. The number of rotatable bonds is 2. The van der Waals surface area contributed by atoms with E-state index in [1.54, 1.807) is 18.2 Å². The summed E-state index contributed by atoms with van der Waals surface area (Å²) in [5, 5.41) is 1.06. The molecule has 17 heavy (non-hydrogen) atoms. The van der Waals surface area contributed by atoms with Gasteiger partial charge in [-0.3, -0.25) is 0 Å². The fraction of sp³-hybridized carbons (Fsp3) is 0.154. The number of hydrogen-bond acceptors (Lipinski definition) is 2. The second-order valence-electron chi connectivity index (χ2n) is 3.58. The number of carbonyl (C=O) groups is 1. The van der Waals surface area contributed by atoms with Crippen molar-refractivity contribution in [2.75, 3.05) is 7.11 Å². The van der Waals surface area contributed by atoms with Crippen molar-refractivity contribution in [3.8, 4) is 0 Å². The molecule has 0 saturated heterocycles. The molecule has 2 aromatic carbocycles. The van der Waals surface area contributed by atoms with Gasteiger partial charge in [0.25, 0.3) is 6.43 Å². The number of alkyl halides is 2. The van der Waals surface area contributed by atoms with Gasteiger partial charge >= 0.3 is 5.97 Å². The summed E-state index contributed by atoms with van der Waals surface area (Å²) in [7, 11) is 1.28. The third-order valence-electron chi connectivity index (χ3n) is 2.57. The van der Waals surface area contributed by atoms with Crippen LogP contribution < -0.4 is 0 Å². The number of ether oxygens (including phenoxy) is 1. The number of halogens is 2. The maximum atomic E-state index is 12.7. The van der Waals surface area contributed by atoms with Crippen molar-refractivity contribution in [1.29, 1.82) is 0 Å². The van der Waals surface area contributed by atoms with Crippen molar-refractivity contribution in [3.05, 3.63) is 47.5 Å². The van der Waals surface area contributed by atoms with Gasteiger partial charge in [0.1, 0.15) is 0 Å². The molecule has 0 N–H and O–H groups in total. The van der Waals surface area contributed by atoms with E-state index >= 15 is 0 Å². The highest BCUT2D eigenvalue weighted by Crippen LogP contribution is 2.28. The molecule has 88 valence electrons. The first-order chi connectivity index (χ1) is 8.13. The number of fused-ring (bicyclic) bond motifs is 1. The first-order valence-electron chi connectivity index (χ1n) is 5.02. The molecule has 0 spiro atoms. The SMILES string of the molecule is COC(=O)c1ccc2c(C(F)F)cccc2c1. The highest BCUT2D eigenvalue weighted by atomic mass is 19.3. The Labute approximate surface area is 96.8 Å². The molecule has 0 fully saturated rings. The smallest absolute Gasteiger partial charge is 0.337 e. The van der Waals surface area contributed by atoms with Gasteiger partial charge in [0, 0.05) is 5.56 Å². The number of hydrogen-bond donors (Lipinski definition) is 0. The van der Waals surface area contributed by atoms with Crippen LogP contribution in [0.1, 0.15) is 22.3 Å². The van der Waals surface area contributed by atoms with E-state index in [0.717, 1.165) is 0 Å². The Hall–Kier alpha value is -1.97. The van der Waals surface area contributed by atoms with Gasteiger partial charge in [0.15, 0.2) is 0 Å². The first kappa shape index (κ1) is 11.5. The summed E-state index contributed by atoms with van der Waals surface area (Å²) in [6.45, 7) is 0. The minimum Gasteiger partial charge on any atom is -0.465 e. The zero-order valence-electron chi connectivity index (χ0n) is 9.11. The maximum absolute atomic E-state index is 12.7. The molecular formula is C13H10F2O2. The Bertz CT molecular complexity index is 564. The number of carbonyl (C=O) groups excluding carboxylic acids is 1. The van der Waals surface area contributed by atoms with Crippen molar-refractivity contribution >= 4 is 16.7 Å². The van der Waals surface area contributed by atoms with Crippen LogP contribution >= 0.6 is 0 Å². The normalized spacial score (nSPS) is 10.8. The van der Waals surface area contributed by atoms with E-state index in [2.05, 4.69) is 4.74 Å². The Kier molecular flexibility index (Phi) is 3.04. The van der Waals surface area contributed by atoms with E-state index in [-0.39, 0.29) is 5.56 Å². The van der Waals surface area contributed by atoms with Gasteiger partial charge in [-0.2, -0.15) is 0 Å². The average Bonchev–Trinajstić information content (AvgIpc) is 2.36. The molecule has 0 atom stereocenters. The maximum Gasteiger partial charge on any atom is 0.337 e. The van der Waals surface area contributed by atoms with Gasteiger partial charge in [0.05, 0.1) is 12.7 Å². The molecule has 2 aromatic rings. The predicted molar refractivity (Wildman–Crippen MR) is 60.2 cm³/mol. The van der Waals surface area contributed by atoms with Crippen molar-refractivity contribution < 1.29 is 18.3 Å². The second kappa shape index (κ2) is 4.49. The average molecular weight is 236 g/mol. The van der Waals surface area contributed by atoms with Crippen molar-refractivity contribution in [2.24, 2.45) is 0 Å². The monoisotopic (exact) mass is 236 g/mol. The summed E-state index contributed by atoms with van der Waals surface area (Å²) in [4.78, 5) is 11.3. The van der Waals surface area contributed by atoms with Gasteiger partial charge in [-0.25, -0.2) is 13.6 Å². The molecule has 0 aromatic heterocycles. The van der Waals surface area contributed by atoms with E-state index in [4.69, 9.17) is 0 Å². The van der Waals surface area contributed by atoms with Crippen molar-refractivity contribution in [3.63, 3.8) is 0 Å². The molecule has 2 rings (SSSR count). The lowest BCUT2D eigenvalue weighted by molar-refractivity contribution is 0.0601. The summed E-state index contributed by atoms with van der Waals surface area (Å²) >= 11 is 0. The lowest BCUT2D eigenvalue weighted by atomic mass is 10.0. The molecule has 0 aliphatic heterocycles. The van der Waals surface area contributed by atoms with Crippen LogP contribution in [0.4, 0.5) is 8.78 Å². The summed E-state index contributed by atoms with van der Waals surface area (Å²) in [5.41, 5.74) is 0.324. The summed E-state index contributed by atoms with van der Waals surface area (Å²) in [6.07, 6.45) is -2.53. The fourth-order valence-electron chi connectivity index (χ4n) is 1.74. The zero-order chi connectivity index (χ0) is 12.4. The van der Waals surface area contributed by atoms with Crippen molar-refractivity contribution in [2.45, 2.75) is 6.43 Å². The van der Waals surface area contributed by atoms with Crippen LogP contribution in [0.25, 0.3) is 10.8 Å². The number of benzene rings is 2. The Balaban J connectivity index is 2.60. The molecule has 0 radical (unpaired) electrons. The van der Waals surface area contributed by atoms with Gasteiger partial charge in [-0.1, -0.05) is 24.3 Å². The first-order valence-corrected chi connectivity index (χ1v) is 5.02. The standard InChI is InChI=1S/C13H10F2O2/c1-17-13(16)9-5-6-10-8(7-9)3-2-4-11(10)12(14)15/h2-7,12H,1H3. The molecular weight excluding hydrogens is 226 g/mol. The minimum absolute atomic E-state index is 0.0288. The Morgan fingerprint density at radius 1 is 1.24 bits per heavy atom. The Morgan fingerprint density at radius 2 is 2.00 bits per heavy atom. The van der Waals surface area contributed by atoms with Crippen LogP contribution in [0.15, 0.2) is 36.4 Å². The molecule has 0 aliphatic rings. The van der Waals surface area contributed by atoms with Gasteiger partial charge in [0.2, 0.25) is 0 Å².